The minimum atomic E-state index is 0.898. The maximum Gasteiger partial charge on any atom is 0.124 e. The first-order valence-corrected chi connectivity index (χ1v) is 6.11. The molecule has 3 N–H and O–H groups in total. The fourth-order valence-corrected chi connectivity index (χ4v) is 2.68. The van der Waals surface area contributed by atoms with Gasteiger partial charge in [0.25, 0.3) is 0 Å². The van der Waals surface area contributed by atoms with Gasteiger partial charge in [0.15, 0.2) is 0 Å². The quantitative estimate of drug-likeness (QED) is 0.535. The number of benzene rings is 2. The fraction of sp³-hybridized carbons (Fsp3) is 0. The number of nitrogens with one attached hydrogen (secondary N) is 1. The van der Waals surface area contributed by atoms with Gasteiger partial charge in [-0.15, -0.1) is 11.3 Å². The van der Waals surface area contributed by atoms with Crippen molar-refractivity contribution in [2.45, 2.75) is 0 Å². The average Bonchev–Trinajstić information content (AvgIpc) is 2.82. The highest BCUT2D eigenvalue weighted by molar-refractivity contribution is 7.21. The van der Waals surface area contributed by atoms with Crippen LogP contribution in [0.25, 0.3) is 20.8 Å². The Morgan fingerprint density at radius 1 is 1.00 bits per heavy atom. The van der Waals surface area contributed by atoms with Crippen molar-refractivity contribution in [1.82, 2.24) is 4.98 Å². The molecule has 0 fully saturated rings. The predicted molar refractivity (Wildman–Crippen MR) is 72.9 cm³/mol. The van der Waals surface area contributed by atoms with Gasteiger partial charge in [-0.05, 0) is 36.4 Å². The summed E-state index contributed by atoms with van der Waals surface area (Å²) in [6, 6.07) is 16.1. The molecule has 0 atom stereocenters. The summed E-state index contributed by atoms with van der Waals surface area (Å²) in [6.07, 6.45) is 0. The molecule has 1 heterocycles. The number of aromatic nitrogens is 1. The van der Waals surface area contributed by atoms with Crippen LogP contribution < -0.4 is 11.3 Å². The van der Waals surface area contributed by atoms with Crippen LogP contribution in [0, 0.1) is 0 Å². The minimum absolute atomic E-state index is 0.898. The summed E-state index contributed by atoms with van der Waals surface area (Å²) in [4.78, 5) is 4.61. The molecule has 17 heavy (non-hydrogen) atoms. The highest BCUT2D eigenvalue weighted by atomic mass is 32.1. The second-order valence-electron chi connectivity index (χ2n) is 3.71. The van der Waals surface area contributed by atoms with Crippen molar-refractivity contribution in [3.8, 4) is 10.6 Å². The summed E-state index contributed by atoms with van der Waals surface area (Å²) in [6.45, 7) is 0. The van der Waals surface area contributed by atoms with Crippen LogP contribution in [0.3, 0.4) is 0 Å². The van der Waals surface area contributed by atoms with E-state index in [1.807, 2.05) is 42.5 Å². The Labute approximate surface area is 103 Å². The number of hydrogen-bond acceptors (Lipinski definition) is 4. The number of nitrogens with zero attached hydrogens (tertiary/aromatic N) is 1. The van der Waals surface area contributed by atoms with E-state index in [2.05, 4.69) is 16.5 Å². The number of nitrogen functional groups attached to an aromatic ring is 1. The zero-order valence-electron chi connectivity index (χ0n) is 9.05. The monoisotopic (exact) mass is 241 g/mol. The van der Waals surface area contributed by atoms with E-state index in [4.69, 9.17) is 5.84 Å². The first-order chi connectivity index (χ1) is 8.36. The molecule has 0 saturated heterocycles. The lowest BCUT2D eigenvalue weighted by Crippen LogP contribution is -2.05. The van der Waals surface area contributed by atoms with Crippen LogP contribution in [-0.2, 0) is 0 Å². The van der Waals surface area contributed by atoms with Gasteiger partial charge in [-0.25, -0.2) is 4.98 Å². The number of nitrogens with two attached hydrogens (primary N) is 1. The van der Waals surface area contributed by atoms with E-state index < -0.39 is 0 Å². The lowest BCUT2D eigenvalue weighted by Gasteiger charge is -2.00. The van der Waals surface area contributed by atoms with E-state index in [1.54, 1.807) is 11.3 Å². The Hall–Kier alpha value is -1.91. The van der Waals surface area contributed by atoms with Crippen molar-refractivity contribution in [2.75, 3.05) is 5.43 Å². The van der Waals surface area contributed by atoms with Crippen molar-refractivity contribution in [3.63, 3.8) is 0 Å². The van der Waals surface area contributed by atoms with Gasteiger partial charge in [-0.2, -0.15) is 0 Å². The van der Waals surface area contributed by atoms with Gasteiger partial charge in [0.2, 0.25) is 0 Å². The van der Waals surface area contributed by atoms with Gasteiger partial charge in [-0.1, -0.05) is 12.1 Å². The van der Waals surface area contributed by atoms with E-state index in [-0.39, 0.29) is 0 Å². The number of thiazole rings is 1. The number of hydrogen-bond donors (Lipinski definition) is 2. The Kier molecular flexibility index (Phi) is 2.51. The van der Waals surface area contributed by atoms with Crippen molar-refractivity contribution < 1.29 is 0 Å². The molecular weight excluding hydrogens is 230 g/mol. The van der Waals surface area contributed by atoms with Crippen LogP contribution in [0.1, 0.15) is 0 Å². The Morgan fingerprint density at radius 2 is 1.76 bits per heavy atom. The molecule has 4 heteroatoms. The smallest absolute Gasteiger partial charge is 0.124 e. The topological polar surface area (TPSA) is 50.9 Å². The molecule has 3 nitrogen and oxygen atoms in total. The van der Waals surface area contributed by atoms with Crippen molar-refractivity contribution in [3.05, 3.63) is 48.5 Å². The maximum absolute atomic E-state index is 5.34. The number of rotatable bonds is 2. The van der Waals surface area contributed by atoms with Gasteiger partial charge in [-0.3, -0.25) is 5.84 Å². The molecule has 0 unspecified atom stereocenters. The first kappa shape index (κ1) is 10.3. The third kappa shape index (κ3) is 1.88. The standard InChI is InChI=1S/C13H11N3S/c14-16-10-7-5-9(6-8-10)13-15-11-3-1-2-4-12(11)17-13/h1-8,16H,14H2. The molecule has 0 aliphatic rings. The SMILES string of the molecule is NNc1ccc(-c2nc3ccccc3s2)cc1. The zero-order valence-corrected chi connectivity index (χ0v) is 9.87. The molecule has 0 spiro atoms. The average molecular weight is 241 g/mol. The van der Waals surface area contributed by atoms with E-state index in [1.165, 1.54) is 4.70 Å². The molecule has 1 aromatic heterocycles. The van der Waals surface area contributed by atoms with Crippen LogP contribution in [0.5, 0.6) is 0 Å². The largest absolute Gasteiger partial charge is 0.324 e. The molecular formula is C13H11N3S. The molecule has 0 radical (unpaired) electrons. The molecule has 2 aromatic carbocycles. The fourth-order valence-electron chi connectivity index (χ4n) is 1.70. The molecule has 0 amide bonds. The number of para-hydroxylation sites is 1. The van der Waals surface area contributed by atoms with Crippen LogP contribution >= 0.6 is 11.3 Å². The maximum atomic E-state index is 5.34. The highest BCUT2D eigenvalue weighted by Gasteiger charge is 2.05. The van der Waals surface area contributed by atoms with Gasteiger partial charge < -0.3 is 5.43 Å². The van der Waals surface area contributed by atoms with Crippen molar-refractivity contribution in [1.29, 1.82) is 0 Å². The van der Waals surface area contributed by atoms with E-state index in [0.29, 0.717) is 0 Å². The minimum Gasteiger partial charge on any atom is -0.324 e. The number of fused-ring (bicyclic) bond motifs is 1. The molecule has 3 aromatic rings. The summed E-state index contributed by atoms with van der Waals surface area (Å²) < 4.78 is 1.21. The van der Waals surface area contributed by atoms with Gasteiger partial charge in [0.1, 0.15) is 5.01 Å². The summed E-state index contributed by atoms with van der Waals surface area (Å²) in [5.41, 5.74) is 5.68. The zero-order chi connectivity index (χ0) is 11.7. The van der Waals surface area contributed by atoms with Crippen LogP contribution in [0.4, 0.5) is 5.69 Å². The molecule has 0 aliphatic carbocycles. The third-order valence-electron chi connectivity index (χ3n) is 2.59. The molecule has 0 aliphatic heterocycles. The predicted octanol–water partition coefficient (Wildman–Crippen LogP) is 3.25. The van der Waals surface area contributed by atoms with Crippen LogP contribution in [0.15, 0.2) is 48.5 Å². The molecule has 84 valence electrons. The van der Waals surface area contributed by atoms with E-state index in [9.17, 15) is 0 Å². The lowest BCUT2D eigenvalue weighted by atomic mass is 10.2. The van der Waals surface area contributed by atoms with Gasteiger partial charge in [0, 0.05) is 11.3 Å². The summed E-state index contributed by atoms with van der Waals surface area (Å²) >= 11 is 1.70. The van der Waals surface area contributed by atoms with Gasteiger partial charge in [0.05, 0.1) is 10.2 Å². The second kappa shape index (κ2) is 4.16. The van der Waals surface area contributed by atoms with Crippen molar-refractivity contribution >= 4 is 27.2 Å². The lowest BCUT2D eigenvalue weighted by molar-refractivity contribution is 1.35. The van der Waals surface area contributed by atoms with Crippen LogP contribution in [-0.4, -0.2) is 4.98 Å². The summed E-state index contributed by atoms with van der Waals surface area (Å²) in [5.74, 6) is 5.34. The third-order valence-corrected chi connectivity index (χ3v) is 3.68. The number of hydrazine groups is 1. The molecule has 0 bridgehead atoms. The summed E-state index contributed by atoms with van der Waals surface area (Å²) in [7, 11) is 0. The molecule has 3 rings (SSSR count). The van der Waals surface area contributed by atoms with E-state index in [0.717, 1.165) is 21.8 Å². The highest BCUT2D eigenvalue weighted by Crippen LogP contribution is 2.30. The normalized spacial score (nSPS) is 10.6. The Morgan fingerprint density at radius 3 is 2.47 bits per heavy atom. The molecule has 0 saturated carbocycles. The Balaban J connectivity index is 2.07. The first-order valence-electron chi connectivity index (χ1n) is 5.29. The van der Waals surface area contributed by atoms with Gasteiger partial charge >= 0.3 is 0 Å². The number of anilines is 1. The van der Waals surface area contributed by atoms with Crippen LogP contribution in [0.2, 0.25) is 0 Å². The second-order valence-corrected chi connectivity index (χ2v) is 4.74. The van der Waals surface area contributed by atoms with E-state index >= 15 is 0 Å². The Bertz CT molecular complexity index is 610. The summed E-state index contributed by atoms with van der Waals surface area (Å²) in [5, 5.41) is 1.04. The van der Waals surface area contributed by atoms with Crippen molar-refractivity contribution in [2.24, 2.45) is 5.84 Å².